The normalized spacial score (nSPS) is 12.0. The Morgan fingerprint density at radius 2 is 1.80 bits per heavy atom. The third-order valence-electron chi connectivity index (χ3n) is 6.82. The molecule has 1 unspecified atom stereocenters. The van der Waals surface area contributed by atoms with Gasteiger partial charge in [-0.3, -0.25) is 9.59 Å². The fraction of sp³-hybridized carbons (Fsp3) is 0.241. The largest absolute Gasteiger partial charge is 0.507 e. The Bertz CT molecular complexity index is 1760. The SMILES string of the molecule is Cc1ccc(C(=O)NCCCC(C=O)NC(=O)c2ccc(CCc3cnc4nc(N)nc(N)c4n3)cc2O)c(/C(N)=N/NN)c1. The lowest BCUT2D eigenvalue weighted by molar-refractivity contribution is -0.109. The minimum absolute atomic E-state index is 0.0113. The van der Waals surface area contributed by atoms with Crippen LogP contribution in [0, 0.1) is 6.92 Å². The molecule has 2 amide bonds. The number of carbonyl (C=O) groups is 3. The summed E-state index contributed by atoms with van der Waals surface area (Å²) in [7, 11) is 0. The number of aryl methyl sites for hydroxylation is 3. The second-order valence-corrected chi connectivity index (χ2v) is 10.1. The van der Waals surface area contributed by atoms with Gasteiger partial charge in [0.1, 0.15) is 12.0 Å². The molecule has 2 aromatic carbocycles. The van der Waals surface area contributed by atoms with Crippen molar-refractivity contribution in [1.29, 1.82) is 0 Å². The second-order valence-electron chi connectivity index (χ2n) is 10.1. The summed E-state index contributed by atoms with van der Waals surface area (Å²) in [5, 5.41) is 19.7. The first-order valence-electron chi connectivity index (χ1n) is 13.9. The molecule has 4 aromatic rings. The molecule has 0 aliphatic rings. The lowest BCUT2D eigenvalue weighted by atomic mass is 10.0. The van der Waals surface area contributed by atoms with Gasteiger partial charge >= 0.3 is 0 Å². The molecule has 0 radical (unpaired) electrons. The van der Waals surface area contributed by atoms with Crippen molar-refractivity contribution >= 4 is 46.9 Å². The molecule has 0 fully saturated rings. The highest BCUT2D eigenvalue weighted by Gasteiger charge is 2.18. The van der Waals surface area contributed by atoms with E-state index in [1.165, 1.54) is 12.1 Å². The van der Waals surface area contributed by atoms with Crippen molar-refractivity contribution in [2.24, 2.45) is 16.7 Å². The Hall–Kier alpha value is -5.90. The van der Waals surface area contributed by atoms with Crippen molar-refractivity contribution in [1.82, 2.24) is 36.1 Å². The fourth-order valence-electron chi connectivity index (χ4n) is 4.54. The topological polar surface area (TPSA) is 276 Å². The lowest BCUT2D eigenvalue weighted by Crippen LogP contribution is -2.37. The summed E-state index contributed by atoms with van der Waals surface area (Å²) in [6, 6.07) is 8.95. The summed E-state index contributed by atoms with van der Waals surface area (Å²) in [6.45, 7) is 2.08. The van der Waals surface area contributed by atoms with Gasteiger partial charge < -0.3 is 37.7 Å². The standard InChI is InChI=1S/C29H34N12O4/c1-15-4-8-19(21(11-15)24(30)40-41-33)27(44)34-10-2-3-18(14-42)37-28(45)20-9-6-16(12-22(20)43)5-7-17-13-35-26-23(36-17)25(31)38-29(32)39-26/h4,6,8-9,11-14,18,41,43H,2-3,5,7,10,33H2,1H3,(H2,30,40)(H,34,44)(H,37,45)(H4,31,32,35,38,39). The molecule has 0 spiro atoms. The zero-order valence-corrected chi connectivity index (χ0v) is 24.4. The van der Waals surface area contributed by atoms with Gasteiger partial charge in [-0.1, -0.05) is 17.7 Å². The summed E-state index contributed by atoms with van der Waals surface area (Å²) in [5.74, 6) is 4.18. The number of amides is 2. The number of carbonyl (C=O) groups excluding carboxylic acids is 3. The van der Waals surface area contributed by atoms with Crippen LogP contribution >= 0.6 is 0 Å². The molecule has 16 heteroatoms. The first-order chi connectivity index (χ1) is 21.6. The number of amidine groups is 1. The number of aromatic hydroxyl groups is 1. The average Bonchev–Trinajstić information content (AvgIpc) is 3.01. The second kappa shape index (κ2) is 14.5. The van der Waals surface area contributed by atoms with E-state index < -0.39 is 11.9 Å². The number of nitrogen functional groups attached to an aromatic ring is 2. The highest BCUT2D eigenvalue weighted by atomic mass is 16.3. The zero-order chi connectivity index (χ0) is 32.5. The molecule has 0 saturated carbocycles. The van der Waals surface area contributed by atoms with E-state index >= 15 is 0 Å². The maximum absolute atomic E-state index is 12.8. The van der Waals surface area contributed by atoms with Crippen LogP contribution in [0.3, 0.4) is 0 Å². The molecule has 2 heterocycles. The third-order valence-corrected chi connectivity index (χ3v) is 6.82. The minimum atomic E-state index is -0.833. The predicted molar refractivity (Wildman–Crippen MR) is 168 cm³/mol. The number of benzene rings is 2. The Labute approximate surface area is 257 Å². The van der Waals surface area contributed by atoms with Crippen LogP contribution in [0.4, 0.5) is 11.8 Å². The monoisotopic (exact) mass is 614 g/mol. The van der Waals surface area contributed by atoms with Gasteiger partial charge in [-0.2, -0.15) is 9.97 Å². The van der Waals surface area contributed by atoms with Gasteiger partial charge in [-0.05, 0) is 62.4 Å². The van der Waals surface area contributed by atoms with Gasteiger partial charge in [0.25, 0.3) is 11.8 Å². The van der Waals surface area contributed by atoms with Crippen LogP contribution in [0.25, 0.3) is 11.2 Å². The molecule has 0 aliphatic carbocycles. The summed E-state index contributed by atoms with van der Waals surface area (Å²) in [5.41, 5.74) is 23.2. The molecule has 4 rings (SSSR count). The number of hydrazine groups is 1. The maximum Gasteiger partial charge on any atom is 0.255 e. The van der Waals surface area contributed by atoms with Crippen molar-refractivity contribution in [3.63, 3.8) is 0 Å². The Balaban J connectivity index is 1.29. The molecule has 1 atom stereocenters. The van der Waals surface area contributed by atoms with Crippen LogP contribution in [0.1, 0.15) is 55.9 Å². The number of hydrazone groups is 1. The molecule has 0 saturated heterocycles. The van der Waals surface area contributed by atoms with Gasteiger partial charge in [0, 0.05) is 12.1 Å². The van der Waals surface area contributed by atoms with Crippen molar-refractivity contribution in [3.8, 4) is 5.75 Å². The summed E-state index contributed by atoms with van der Waals surface area (Å²) < 4.78 is 0. The smallest absolute Gasteiger partial charge is 0.255 e. The van der Waals surface area contributed by atoms with E-state index in [0.29, 0.717) is 53.5 Å². The van der Waals surface area contributed by atoms with Crippen molar-refractivity contribution in [2.75, 3.05) is 18.0 Å². The molecule has 45 heavy (non-hydrogen) atoms. The first-order valence-corrected chi connectivity index (χ1v) is 13.9. The Morgan fingerprint density at radius 3 is 2.53 bits per heavy atom. The molecule has 0 bridgehead atoms. The highest BCUT2D eigenvalue weighted by Crippen LogP contribution is 2.21. The quantitative estimate of drug-likeness (QED) is 0.0246. The van der Waals surface area contributed by atoms with Crippen LogP contribution < -0.4 is 39.2 Å². The fourth-order valence-corrected chi connectivity index (χ4v) is 4.54. The molecular formula is C29H34N12O4. The number of nitrogens with one attached hydrogen (secondary N) is 3. The number of hydrogen-bond acceptors (Lipinski definition) is 13. The first kappa shape index (κ1) is 32.0. The predicted octanol–water partition coefficient (Wildman–Crippen LogP) is -0.0255. The van der Waals surface area contributed by atoms with Crippen molar-refractivity contribution in [3.05, 3.63) is 76.1 Å². The molecule has 16 nitrogen and oxygen atoms in total. The number of anilines is 2. The number of phenolic OH excluding ortho intramolecular Hbond substituents is 1. The molecule has 234 valence electrons. The van der Waals surface area contributed by atoms with Crippen LogP contribution in [0.2, 0.25) is 0 Å². The van der Waals surface area contributed by atoms with Crippen LogP contribution in [-0.2, 0) is 17.6 Å². The third kappa shape index (κ3) is 8.14. The maximum atomic E-state index is 12.8. The van der Waals surface area contributed by atoms with E-state index in [1.807, 2.05) is 6.92 Å². The van der Waals surface area contributed by atoms with Crippen LogP contribution in [-0.4, -0.2) is 61.6 Å². The summed E-state index contributed by atoms with van der Waals surface area (Å²) in [4.78, 5) is 53.9. The van der Waals surface area contributed by atoms with Crippen molar-refractivity contribution in [2.45, 2.75) is 38.6 Å². The lowest BCUT2D eigenvalue weighted by Gasteiger charge is -2.15. The van der Waals surface area contributed by atoms with E-state index in [4.69, 9.17) is 23.0 Å². The van der Waals surface area contributed by atoms with Gasteiger partial charge in [0.05, 0.1) is 29.1 Å². The van der Waals surface area contributed by atoms with E-state index in [0.717, 1.165) is 11.1 Å². The number of nitrogens with two attached hydrogens (primary N) is 4. The summed E-state index contributed by atoms with van der Waals surface area (Å²) >= 11 is 0. The molecule has 2 aromatic heterocycles. The van der Waals surface area contributed by atoms with E-state index in [2.05, 4.69) is 41.2 Å². The molecule has 12 N–H and O–H groups in total. The van der Waals surface area contributed by atoms with E-state index in [-0.39, 0.29) is 47.8 Å². The van der Waals surface area contributed by atoms with E-state index in [9.17, 15) is 19.5 Å². The van der Waals surface area contributed by atoms with E-state index in [1.54, 1.807) is 30.5 Å². The van der Waals surface area contributed by atoms with Crippen molar-refractivity contribution < 1.29 is 19.5 Å². The Kier molecular flexibility index (Phi) is 10.3. The Morgan fingerprint density at radius 1 is 1.02 bits per heavy atom. The number of aromatic nitrogens is 4. The van der Waals surface area contributed by atoms with Crippen LogP contribution in [0.5, 0.6) is 5.75 Å². The van der Waals surface area contributed by atoms with Crippen LogP contribution in [0.15, 0.2) is 47.7 Å². The number of nitrogens with zero attached hydrogens (tertiary/aromatic N) is 5. The van der Waals surface area contributed by atoms with Gasteiger partial charge in [0.15, 0.2) is 22.8 Å². The number of rotatable bonds is 13. The number of phenols is 1. The average molecular weight is 615 g/mol. The van der Waals surface area contributed by atoms with Gasteiger partial charge in [-0.25, -0.2) is 21.3 Å². The van der Waals surface area contributed by atoms with Gasteiger partial charge in [-0.15, -0.1) is 5.10 Å². The van der Waals surface area contributed by atoms with Gasteiger partial charge in [0.2, 0.25) is 5.95 Å². The molecular weight excluding hydrogens is 580 g/mol. The minimum Gasteiger partial charge on any atom is -0.507 e. The number of aldehydes is 1. The number of hydrogen-bond donors (Lipinski definition) is 8. The highest BCUT2D eigenvalue weighted by molar-refractivity contribution is 6.08. The number of fused-ring (bicyclic) bond motifs is 1. The zero-order valence-electron chi connectivity index (χ0n) is 24.4. The molecule has 0 aliphatic heterocycles. The summed E-state index contributed by atoms with van der Waals surface area (Å²) in [6.07, 6.45) is 3.77.